The van der Waals surface area contributed by atoms with Gasteiger partial charge in [-0.1, -0.05) is 18.2 Å². The Morgan fingerprint density at radius 3 is 2.39 bits per heavy atom. The third-order valence-electron chi connectivity index (χ3n) is 3.85. The minimum absolute atomic E-state index is 0.00883. The van der Waals surface area contributed by atoms with E-state index in [1.807, 2.05) is 19.1 Å². The summed E-state index contributed by atoms with van der Waals surface area (Å²) >= 11 is 0. The third-order valence-corrected chi connectivity index (χ3v) is 3.85. The molecule has 8 heteroatoms. The molecule has 7 nitrogen and oxygen atoms in total. The molecule has 2 aromatic rings. The SMILES string of the molecule is Cc1ccccc1C(=O)NCCC(=O)NNC(=O)[C@@H](C)Oc1ccc(F)cc1. The van der Waals surface area contributed by atoms with Crippen molar-refractivity contribution in [3.05, 3.63) is 65.5 Å². The Balaban J connectivity index is 1.68. The van der Waals surface area contributed by atoms with Crippen molar-refractivity contribution < 1.29 is 23.5 Å². The molecule has 3 amide bonds. The highest BCUT2D eigenvalue weighted by Gasteiger charge is 2.15. The molecule has 0 aliphatic heterocycles. The molecule has 0 saturated heterocycles. The molecule has 2 aromatic carbocycles. The standard InChI is InChI=1S/C20H22FN3O4/c1-13-5-3-4-6-17(13)20(27)22-12-11-18(25)23-24-19(26)14(2)28-16-9-7-15(21)8-10-16/h3-10,14H,11-12H2,1-2H3,(H,22,27)(H,23,25)(H,24,26)/t14-/m1/s1. The largest absolute Gasteiger partial charge is 0.481 e. The Bertz CT molecular complexity index is 840. The van der Waals surface area contributed by atoms with Crippen LogP contribution in [0.4, 0.5) is 4.39 Å². The molecule has 0 aliphatic carbocycles. The van der Waals surface area contributed by atoms with Gasteiger partial charge in [-0.15, -0.1) is 0 Å². The highest BCUT2D eigenvalue weighted by molar-refractivity contribution is 5.95. The molecule has 28 heavy (non-hydrogen) atoms. The minimum atomic E-state index is -0.897. The Hall–Kier alpha value is -3.42. The van der Waals surface area contributed by atoms with E-state index in [1.165, 1.54) is 31.2 Å². The highest BCUT2D eigenvalue weighted by atomic mass is 19.1. The van der Waals surface area contributed by atoms with Gasteiger partial charge in [-0.05, 0) is 49.7 Å². The lowest BCUT2D eigenvalue weighted by Gasteiger charge is -2.15. The molecular formula is C20H22FN3O4. The van der Waals surface area contributed by atoms with Gasteiger partial charge in [-0.25, -0.2) is 4.39 Å². The Morgan fingerprint density at radius 2 is 1.71 bits per heavy atom. The number of carbonyl (C=O) groups excluding carboxylic acids is 3. The van der Waals surface area contributed by atoms with Gasteiger partial charge in [0.25, 0.3) is 11.8 Å². The first-order valence-corrected chi connectivity index (χ1v) is 8.71. The van der Waals surface area contributed by atoms with Crippen molar-refractivity contribution in [2.45, 2.75) is 26.4 Å². The summed E-state index contributed by atoms with van der Waals surface area (Å²) in [6, 6.07) is 12.4. The number of hydrogen-bond donors (Lipinski definition) is 3. The average molecular weight is 387 g/mol. The van der Waals surface area contributed by atoms with Crippen molar-refractivity contribution in [1.29, 1.82) is 0 Å². The first kappa shape index (κ1) is 20.9. The summed E-state index contributed by atoms with van der Waals surface area (Å²) in [5, 5.41) is 2.65. The van der Waals surface area contributed by atoms with Gasteiger partial charge in [0, 0.05) is 18.5 Å². The van der Waals surface area contributed by atoms with Crippen LogP contribution in [0.2, 0.25) is 0 Å². The lowest BCUT2D eigenvalue weighted by Crippen LogP contribution is -2.47. The number of carbonyl (C=O) groups is 3. The molecule has 0 spiro atoms. The van der Waals surface area contributed by atoms with Crippen LogP contribution in [-0.4, -0.2) is 30.4 Å². The zero-order valence-corrected chi connectivity index (χ0v) is 15.6. The number of hydrazine groups is 1. The zero-order chi connectivity index (χ0) is 20.5. The van der Waals surface area contributed by atoms with E-state index in [2.05, 4.69) is 16.2 Å². The molecule has 0 aliphatic rings. The molecule has 0 fully saturated rings. The Morgan fingerprint density at radius 1 is 1.04 bits per heavy atom. The average Bonchev–Trinajstić information content (AvgIpc) is 2.68. The summed E-state index contributed by atoms with van der Waals surface area (Å²) in [5.74, 6) is -1.38. The van der Waals surface area contributed by atoms with E-state index in [4.69, 9.17) is 4.74 Å². The van der Waals surface area contributed by atoms with Gasteiger partial charge in [0.1, 0.15) is 11.6 Å². The maximum absolute atomic E-state index is 12.9. The maximum Gasteiger partial charge on any atom is 0.279 e. The number of halogens is 1. The smallest absolute Gasteiger partial charge is 0.279 e. The molecule has 1 atom stereocenters. The zero-order valence-electron chi connectivity index (χ0n) is 15.6. The summed E-state index contributed by atoms with van der Waals surface area (Å²) in [4.78, 5) is 35.8. The molecule has 0 heterocycles. The van der Waals surface area contributed by atoms with Crippen LogP contribution in [0.25, 0.3) is 0 Å². The third kappa shape index (κ3) is 6.39. The van der Waals surface area contributed by atoms with Gasteiger partial charge in [-0.2, -0.15) is 0 Å². The van der Waals surface area contributed by atoms with Crippen molar-refractivity contribution >= 4 is 17.7 Å². The predicted molar refractivity (Wildman–Crippen MR) is 101 cm³/mol. The Labute approximate surface area is 162 Å². The first-order valence-electron chi connectivity index (χ1n) is 8.71. The monoisotopic (exact) mass is 387 g/mol. The van der Waals surface area contributed by atoms with E-state index in [-0.39, 0.29) is 18.9 Å². The van der Waals surface area contributed by atoms with Gasteiger partial charge in [0.2, 0.25) is 5.91 Å². The van der Waals surface area contributed by atoms with Crippen LogP contribution in [0.15, 0.2) is 48.5 Å². The molecule has 0 bridgehead atoms. The molecule has 0 aromatic heterocycles. The molecule has 0 saturated carbocycles. The van der Waals surface area contributed by atoms with E-state index in [1.54, 1.807) is 12.1 Å². The van der Waals surface area contributed by atoms with Crippen LogP contribution < -0.4 is 20.9 Å². The summed E-state index contributed by atoms with van der Waals surface area (Å²) in [5.41, 5.74) is 5.88. The second-order valence-corrected chi connectivity index (χ2v) is 6.07. The predicted octanol–water partition coefficient (Wildman–Crippen LogP) is 1.87. The normalized spacial score (nSPS) is 11.2. The number of amides is 3. The van der Waals surface area contributed by atoms with E-state index in [0.717, 1.165) is 5.56 Å². The quantitative estimate of drug-likeness (QED) is 0.632. The summed E-state index contributed by atoms with van der Waals surface area (Å²) in [7, 11) is 0. The van der Waals surface area contributed by atoms with Crippen molar-refractivity contribution in [1.82, 2.24) is 16.2 Å². The van der Waals surface area contributed by atoms with E-state index in [0.29, 0.717) is 11.3 Å². The second-order valence-electron chi connectivity index (χ2n) is 6.07. The number of aryl methyl sites for hydroxylation is 1. The molecule has 0 radical (unpaired) electrons. The van der Waals surface area contributed by atoms with Crippen molar-refractivity contribution in [3.63, 3.8) is 0 Å². The van der Waals surface area contributed by atoms with E-state index >= 15 is 0 Å². The van der Waals surface area contributed by atoms with Gasteiger partial charge in [-0.3, -0.25) is 25.2 Å². The topological polar surface area (TPSA) is 96.5 Å². The van der Waals surface area contributed by atoms with E-state index in [9.17, 15) is 18.8 Å². The molecule has 148 valence electrons. The molecule has 2 rings (SSSR count). The fourth-order valence-electron chi connectivity index (χ4n) is 2.28. The van der Waals surface area contributed by atoms with Crippen molar-refractivity contribution in [2.75, 3.05) is 6.54 Å². The molecular weight excluding hydrogens is 365 g/mol. The van der Waals surface area contributed by atoms with Gasteiger partial charge >= 0.3 is 0 Å². The second kappa shape index (κ2) is 10.1. The fraction of sp³-hybridized carbons (Fsp3) is 0.250. The van der Waals surface area contributed by atoms with Crippen LogP contribution >= 0.6 is 0 Å². The fourth-order valence-corrected chi connectivity index (χ4v) is 2.28. The van der Waals surface area contributed by atoms with Crippen LogP contribution in [0.3, 0.4) is 0 Å². The molecule has 3 N–H and O–H groups in total. The number of hydrogen-bond acceptors (Lipinski definition) is 4. The van der Waals surface area contributed by atoms with Crippen LogP contribution in [-0.2, 0) is 9.59 Å². The van der Waals surface area contributed by atoms with E-state index < -0.39 is 23.7 Å². The number of benzene rings is 2. The summed E-state index contributed by atoms with van der Waals surface area (Å²) < 4.78 is 18.2. The van der Waals surface area contributed by atoms with Crippen LogP contribution in [0, 0.1) is 12.7 Å². The minimum Gasteiger partial charge on any atom is -0.481 e. The van der Waals surface area contributed by atoms with Crippen LogP contribution in [0.5, 0.6) is 5.75 Å². The molecule has 0 unspecified atom stereocenters. The highest BCUT2D eigenvalue weighted by Crippen LogP contribution is 2.12. The van der Waals surface area contributed by atoms with Crippen molar-refractivity contribution in [3.8, 4) is 5.75 Å². The van der Waals surface area contributed by atoms with Gasteiger partial charge in [0.15, 0.2) is 6.10 Å². The number of rotatable bonds is 7. The summed E-state index contributed by atoms with van der Waals surface area (Å²) in [6.45, 7) is 3.44. The lowest BCUT2D eigenvalue weighted by atomic mass is 10.1. The summed E-state index contributed by atoms with van der Waals surface area (Å²) in [6.07, 6.45) is -0.906. The number of nitrogens with one attached hydrogen (secondary N) is 3. The maximum atomic E-state index is 12.9. The Kier molecular flexibility index (Phi) is 7.50. The van der Waals surface area contributed by atoms with Gasteiger partial charge < -0.3 is 10.1 Å². The first-order chi connectivity index (χ1) is 13.4. The van der Waals surface area contributed by atoms with Crippen molar-refractivity contribution in [2.24, 2.45) is 0 Å². The van der Waals surface area contributed by atoms with Crippen LogP contribution in [0.1, 0.15) is 29.3 Å². The lowest BCUT2D eigenvalue weighted by molar-refractivity contribution is -0.132. The number of ether oxygens (including phenoxy) is 1. The van der Waals surface area contributed by atoms with Gasteiger partial charge in [0.05, 0.1) is 0 Å².